The topological polar surface area (TPSA) is 166 Å². The van der Waals surface area contributed by atoms with Crippen molar-refractivity contribution in [2.24, 2.45) is 11.7 Å². The van der Waals surface area contributed by atoms with Crippen molar-refractivity contribution in [2.75, 3.05) is 12.0 Å². The van der Waals surface area contributed by atoms with Gasteiger partial charge >= 0.3 is 5.97 Å². The van der Waals surface area contributed by atoms with Crippen LogP contribution in [-0.2, 0) is 32.0 Å². The second kappa shape index (κ2) is 15.2. The number of carbonyl (C=O) groups excluding carboxylic acids is 3. The van der Waals surface area contributed by atoms with Crippen molar-refractivity contribution in [2.45, 2.75) is 57.3 Å². The number of carboxylic acids is 1. The molecule has 11 heteroatoms. The Bertz CT molecular complexity index is 1330. The van der Waals surface area contributed by atoms with E-state index in [1.807, 2.05) is 42.8 Å². The van der Waals surface area contributed by atoms with Crippen molar-refractivity contribution in [1.82, 2.24) is 20.9 Å². The van der Waals surface area contributed by atoms with E-state index < -0.39 is 47.9 Å². The number of H-pyrrole nitrogens is 1. The highest BCUT2D eigenvalue weighted by molar-refractivity contribution is 7.98. The van der Waals surface area contributed by atoms with Crippen LogP contribution in [0.1, 0.15) is 31.4 Å². The number of rotatable bonds is 15. The molecule has 41 heavy (non-hydrogen) atoms. The summed E-state index contributed by atoms with van der Waals surface area (Å²) in [6.45, 7) is 3.51. The average Bonchev–Trinajstić information content (AvgIpc) is 3.36. The summed E-state index contributed by atoms with van der Waals surface area (Å²) >= 11 is 1.52. The standard InChI is InChI=1S/C30H39N5O5S/c1-18(2)26(29(38)34-25(30(39)40)15-19-9-5-4-6-10-19)35-28(37)24(13-14-41-3)33-27(36)22(31)16-20-17-32-23-12-8-7-11-21(20)23/h4-12,17-18,22,24-26,32H,13-16,31H2,1-3H3,(H,33,36)(H,34,38)(H,35,37)(H,39,40). The maximum atomic E-state index is 13.4. The van der Waals surface area contributed by atoms with Gasteiger partial charge in [0.25, 0.3) is 0 Å². The van der Waals surface area contributed by atoms with E-state index in [0.717, 1.165) is 22.0 Å². The third kappa shape index (κ3) is 9.09. The molecule has 7 N–H and O–H groups in total. The summed E-state index contributed by atoms with van der Waals surface area (Å²) in [6, 6.07) is 12.7. The van der Waals surface area contributed by atoms with Crippen LogP contribution in [0.25, 0.3) is 10.9 Å². The number of hydrogen-bond acceptors (Lipinski definition) is 6. The Balaban J connectivity index is 1.66. The Labute approximate surface area is 244 Å². The molecule has 220 valence electrons. The molecule has 0 saturated carbocycles. The number of aromatic amines is 1. The molecule has 0 aliphatic rings. The lowest BCUT2D eigenvalue weighted by Gasteiger charge is -2.27. The van der Waals surface area contributed by atoms with Crippen molar-refractivity contribution in [3.05, 3.63) is 71.9 Å². The summed E-state index contributed by atoms with van der Waals surface area (Å²) in [7, 11) is 0. The van der Waals surface area contributed by atoms with Crippen molar-refractivity contribution >= 4 is 46.4 Å². The van der Waals surface area contributed by atoms with Gasteiger partial charge in [-0.05, 0) is 48.0 Å². The van der Waals surface area contributed by atoms with Crippen LogP contribution in [-0.4, -0.2) is 70.0 Å². The zero-order valence-electron chi connectivity index (χ0n) is 23.6. The predicted octanol–water partition coefficient (Wildman–Crippen LogP) is 2.23. The molecule has 2 aromatic carbocycles. The Hall–Kier alpha value is -3.83. The molecule has 4 unspecified atom stereocenters. The van der Waals surface area contributed by atoms with Gasteiger partial charge in [0.05, 0.1) is 6.04 Å². The highest BCUT2D eigenvalue weighted by Crippen LogP contribution is 2.19. The fourth-order valence-electron chi connectivity index (χ4n) is 4.51. The Morgan fingerprint density at radius 1 is 0.878 bits per heavy atom. The predicted molar refractivity (Wildman–Crippen MR) is 161 cm³/mol. The first kappa shape index (κ1) is 31.7. The van der Waals surface area contributed by atoms with Crippen LogP contribution in [0, 0.1) is 5.92 Å². The molecule has 0 fully saturated rings. The van der Waals surface area contributed by atoms with Crippen LogP contribution in [0.3, 0.4) is 0 Å². The van der Waals surface area contributed by atoms with E-state index in [4.69, 9.17) is 5.73 Å². The number of aromatic nitrogens is 1. The smallest absolute Gasteiger partial charge is 0.326 e. The van der Waals surface area contributed by atoms with Gasteiger partial charge in [-0.25, -0.2) is 4.79 Å². The molecular formula is C30H39N5O5S. The number of aliphatic carboxylic acids is 1. The van der Waals surface area contributed by atoms with Crippen LogP contribution in [0.5, 0.6) is 0 Å². The van der Waals surface area contributed by atoms with Crippen molar-refractivity contribution in [3.8, 4) is 0 Å². The molecule has 4 atom stereocenters. The number of nitrogens with two attached hydrogens (primary N) is 1. The van der Waals surface area contributed by atoms with Gasteiger partial charge in [0.2, 0.25) is 17.7 Å². The number of hydrogen-bond donors (Lipinski definition) is 6. The zero-order valence-corrected chi connectivity index (χ0v) is 24.4. The molecule has 3 aromatic rings. The summed E-state index contributed by atoms with van der Waals surface area (Å²) in [5, 5.41) is 18.7. The van der Waals surface area contributed by atoms with Gasteiger partial charge in [0, 0.05) is 23.5 Å². The number of carbonyl (C=O) groups is 4. The van der Waals surface area contributed by atoms with Gasteiger partial charge in [0.1, 0.15) is 18.1 Å². The third-order valence-corrected chi connectivity index (χ3v) is 7.48. The second-order valence-electron chi connectivity index (χ2n) is 10.3. The van der Waals surface area contributed by atoms with Crippen LogP contribution < -0.4 is 21.7 Å². The van der Waals surface area contributed by atoms with E-state index in [0.29, 0.717) is 12.2 Å². The van der Waals surface area contributed by atoms with Gasteiger partial charge in [0.15, 0.2) is 0 Å². The van der Waals surface area contributed by atoms with Crippen molar-refractivity contribution in [3.63, 3.8) is 0 Å². The summed E-state index contributed by atoms with van der Waals surface area (Å²) in [6.07, 6.45) is 4.42. The third-order valence-electron chi connectivity index (χ3n) is 6.84. The quantitative estimate of drug-likeness (QED) is 0.160. The monoisotopic (exact) mass is 581 g/mol. The molecule has 0 saturated heterocycles. The molecule has 10 nitrogen and oxygen atoms in total. The Kier molecular flexibility index (Phi) is 11.8. The lowest BCUT2D eigenvalue weighted by Crippen LogP contribution is -2.58. The lowest BCUT2D eigenvalue weighted by molar-refractivity contribution is -0.142. The van der Waals surface area contributed by atoms with Gasteiger partial charge in [-0.1, -0.05) is 62.4 Å². The summed E-state index contributed by atoms with van der Waals surface area (Å²) in [5.74, 6) is -2.54. The number of para-hydroxylation sites is 1. The van der Waals surface area contributed by atoms with E-state index in [-0.39, 0.29) is 18.8 Å². The van der Waals surface area contributed by atoms with E-state index in [2.05, 4.69) is 20.9 Å². The maximum Gasteiger partial charge on any atom is 0.326 e. The molecule has 0 aliphatic heterocycles. The van der Waals surface area contributed by atoms with Crippen LogP contribution >= 0.6 is 11.8 Å². The summed E-state index contributed by atoms with van der Waals surface area (Å²) in [4.78, 5) is 54.6. The minimum Gasteiger partial charge on any atom is -0.480 e. The molecular weight excluding hydrogens is 542 g/mol. The number of carboxylic acid groups (broad SMARTS) is 1. The van der Waals surface area contributed by atoms with Crippen molar-refractivity contribution < 1.29 is 24.3 Å². The highest BCUT2D eigenvalue weighted by atomic mass is 32.2. The first-order chi connectivity index (χ1) is 19.6. The first-order valence-corrected chi connectivity index (χ1v) is 15.0. The minimum absolute atomic E-state index is 0.0986. The number of amides is 3. The zero-order chi connectivity index (χ0) is 29.9. The van der Waals surface area contributed by atoms with Crippen LogP contribution in [0.15, 0.2) is 60.8 Å². The highest BCUT2D eigenvalue weighted by Gasteiger charge is 2.32. The van der Waals surface area contributed by atoms with Crippen LogP contribution in [0.2, 0.25) is 0 Å². The Morgan fingerprint density at radius 3 is 2.20 bits per heavy atom. The largest absolute Gasteiger partial charge is 0.480 e. The van der Waals surface area contributed by atoms with Crippen LogP contribution in [0.4, 0.5) is 0 Å². The lowest BCUT2D eigenvalue weighted by atomic mass is 10.0. The molecule has 3 amide bonds. The van der Waals surface area contributed by atoms with Gasteiger partial charge in [-0.3, -0.25) is 14.4 Å². The van der Waals surface area contributed by atoms with Crippen molar-refractivity contribution in [1.29, 1.82) is 0 Å². The van der Waals surface area contributed by atoms with E-state index in [1.54, 1.807) is 38.1 Å². The fraction of sp³-hybridized carbons (Fsp3) is 0.400. The normalized spacial score (nSPS) is 14.2. The van der Waals surface area contributed by atoms with E-state index >= 15 is 0 Å². The van der Waals surface area contributed by atoms with E-state index in [9.17, 15) is 24.3 Å². The number of thioether (sulfide) groups is 1. The number of fused-ring (bicyclic) bond motifs is 1. The Morgan fingerprint density at radius 2 is 1.54 bits per heavy atom. The molecule has 0 radical (unpaired) electrons. The van der Waals surface area contributed by atoms with Gasteiger partial charge in [-0.15, -0.1) is 0 Å². The van der Waals surface area contributed by atoms with Gasteiger partial charge in [-0.2, -0.15) is 11.8 Å². The molecule has 0 spiro atoms. The minimum atomic E-state index is -1.18. The maximum absolute atomic E-state index is 13.4. The molecule has 1 heterocycles. The molecule has 1 aromatic heterocycles. The average molecular weight is 582 g/mol. The van der Waals surface area contributed by atoms with Gasteiger partial charge < -0.3 is 31.8 Å². The first-order valence-electron chi connectivity index (χ1n) is 13.6. The fourth-order valence-corrected chi connectivity index (χ4v) is 4.98. The number of nitrogens with one attached hydrogen (secondary N) is 4. The molecule has 3 rings (SSSR count). The summed E-state index contributed by atoms with van der Waals surface area (Å²) < 4.78 is 0. The molecule has 0 aliphatic carbocycles. The second-order valence-corrected chi connectivity index (χ2v) is 11.3. The SMILES string of the molecule is CSCCC(NC(=O)C(N)Cc1c[nH]c2ccccc12)C(=O)NC(C(=O)NC(Cc1ccccc1)C(=O)O)C(C)C. The number of benzene rings is 2. The van der Waals surface area contributed by atoms with E-state index in [1.165, 1.54) is 11.8 Å². The summed E-state index contributed by atoms with van der Waals surface area (Å²) in [5.41, 5.74) is 8.84. The molecule has 0 bridgehead atoms.